The first kappa shape index (κ1) is 24.9. The number of aromatic nitrogens is 4. The first-order chi connectivity index (χ1) is 13.5. The largest absolute Gasteiger partial charge is 0.419 e. The molecule has 0 aliphatic heterocycles. The van der Waals surface area contributed by atoms with Crippen molar-refractivity contribution in [2.45, 2.75) is 33.0 Å². The van der Waals surface area contributed by atoms with Gasteiger partial charge in [-0.15, -0.1) is 34.2 Å². The van der Waals surface area contributed by atoms with E-state index in [0.717, 1.165) is 18.3 Å². The summed E-state index contributed by atoms with van der Waals surface area (Å²) in [6, 6.07) is 2.26. The quantitative estimate of drug-likeness (QED) is 0.202. The Bertz CT molecular complexity index is 763. The molecular weight excluding hydrogens is 500 g/mol. The first-order valence-electron chi connectivity index (χ1n) is 9.10. The number of anilines is 1. The Morgan fingerprint density at radius 1 is 1.21 bits per heavy atom. The summed E-state index contributed by atoms with van der Waals surface area (Å²) in [4.78, 5) is 8.13. The zero-order valence-corrected chi connectivity index (χ0v) is 18.7. The molecule has 162 valence electrons. The molecule has 0 radical (unpaired) electrons. The number of aliphatic imine (C=N–C) groups is 1. The number of nitrogens with zero attached hydrogens (tertiary/aromatic N) is 5. The van der Waals surface area contributed by atoms with E-state index in [1.165, 1.54) is 12.3 Å². The monoisotopic (exact) mass is 526 g/mol. The number of alkyl halides is 3. The van der Waals surface area contributed by atoms with Gasteiger partial charge in [0.1, 0.15) is 18.0 Å². The Balaban J connectivity index is 0.00000420. The van der Waals surface area contributed by atoms with Crippen LogP contribution in [0.25, 0.3) is 0 Å². The van der Waals surface area contributed by atoms with Gasteiger partial charge in [-0.2, -0.15) is 13.2 Å². The average molecular weight is 526 g/mol. The summed E-state index contributed by atoms with van der Waals surface area (Å²) in [5, 5.41) is 16.9. The summed E-state index contributed by atoms with van der Waals surface area (Å²) in [5.41, 5.74) is -0.787. The van der Waals surface area contributed by atoms with Crippen LogP contribution in [-0.4, -0.2) is 51.9 Å². The van der Waals surface area contributed by atoms with Crippen LogP contribution in [0.15, 0.2) is 29.6 Å². The molecule has 2 aromatic rings. The van der Waals surface area contributed by atoms with Crippen LogP contribution in [-0.2, 0) is 19.1 Å². The van der Waals surface area contributed by atoms with Gasteiger partial charge in [0.25, 0.3) is 0 Å². The maximum absolute atomic E-state index is 13.0. The number of nitrogens with one attached hydrogen (secondary N) is 3. The van der Waals surface area contributed by atoms with E-state index in [1.807, 2.05) is 18.4 Å². The van der Waals surface area contributed by atoms with Gasteiger partial charge in [0, 0.05) is 38.8 Å². The maximum atomic E-state index is 13.0. The predicted octanol–water partition coefficient (Wildman–Crippen LogP) is 2.54. The number of hydrogen-bond donors (Lipinski definition) is 3. The highest BCUT2D eigenvalue weighted by Crippen LogP contribution is 2.33. The molecule has 0 saturated heterocycles. The lowest BCUT2D eigenvalue weighted by Gasteiger charge is -2.14. The summed E-state index contributed by atoms with van der Waals surface area (Å²) in [7, 11) is 0. The van der Waals surface area contributed by atoms with Crippen LogP contribution in [0, 0.1) is 0 Å². The molecule has 29 heavy (non-hydrogen) atoms. The summed E-state index contributed by atoms with van der Waals surface area (Å²) >= 11 is 0. The van der Waals surface area contributed by atoms with E-state index >= 15 is 0 Å². The van der Waals surface area contributed by atoms with Gasteiger partial charge in [0.05, 0.1) is 12.1 Å². The second kappa shape index (κ2) is 12.4. The van der Waals surface area contributed by atoms with Crippen molar-refractivity contribution < 1.29 is 13.2 Å². The molecule has 0 aromatic carbocycles. The van der Waals surface area contributed by atoms with Crippen LogP contribution < -0.4 is 16.0 Å². The highest BCUT2D eigenvalue weighted by Gasteiger charge is 2.33. The third-order valence-corrected chi connectivity index (χ3v) is 3.79. The SMILES string of the molecule is CCNC(=NCCNc1ncccc1C(F)(F)F)NCCn1cnnc1CC.I. The fraction of sp³-hybridized carbons (Fsp3) is 0.529. The number of rotatable bonds is 9. The third-order valence-electron chi connectivity index (χ3n) is 3.79. The second-order valence-corrected chi connectivity index (χ2v) is 5.81. The highest BCUT2D eigenvalue weighted by molar-refractivity contribution is 14.0. The average Bonchev–Trinajstić information content (AvgIpc) is 3.12. The zero-order valence-electron chi connectivity index (χ0n) is 16.3. The fourth-order valence-corrected chi connectivity index (χ4v) is 2.49. The van der Waals surface area contributed by atoms with Gasteiger partial charge < -0.3 is 20.5 Å². The van der Waals surface area contributed by atoms with Gasteiger partial charge in [-0.1, -0.05) is 6.92 Å². The van der Waals surface area contributed by atoms with Crippen molar-refractivity contribution in [1.82, 2.24) is 30.4 Å². The van der Waals surface area contributed by atoms with Gasteiger partial charge in [-0.05, 0) is 19.1 Å². The second-order valence-electron chi connectivity index (χ2n) is 5.81. The van der Waals surface area contributed by atoms with E-state index in [9.17, 15) is 13.2 Å². The van der Waals surface area contributed by atoms with E-state index in [4.69, 9.17) is 0 Å². The van der Waals surface area contributed by atoms with Crippen LogP contribution in [0.3, 0.4) is 0 Å². The molecule has 0 amide bonds. The number of guanidine groups is 1. The molecule has 2 aromatic heterocycles. The van der Waals surface area contributed by atoms with Crippen molar-refractivity contribution in [3.63, 3.8) is 0 Å². The Morgan fingerprint density at radius 3 is 2.69 bits per heavy atom. The summed E-state index contributed by atoms with van der Waals surface area (Å²) < 4.78 is 40.8. The Hall–Kier alpha value is -2.12. The van der Waals surface area contributed by atoms with Crippen LogP contribution >= 0.6 is 24.0 Å². The molecule has 0 aliphatic rings. The van der Waals surface area contributed by atoms with Crippen molar-refractivity contribution in [2.75, 3.05) is 31.5 Å². The van der Waals surface area contributed by atoms with Crippen LogP contribution in [0.2, 0.25) is 0 Å². The topological polar surface area (TPSA) is 92.1 Å². The minimum Gasteiger partial charge on any atom is -0.368 e. The van der Waals surface area contributed by atoms with Gasteiger partial charge in [0.2, 0.25) is 0 Å². The van der Waals surface area contributed by atoms with Crippen LogP contribution in [0.1, 0.15) is 25.2 Å². The lowest BCUT2D eigenvalue weighted by Crippen LogP contribution is -2.39. The molecule has 0 unspecified atom stereocenters. The molecular formula is C17H26F3IN8. The molecule has 0 atom stereocenters. The molecule has 8 nitrogen and oxygen atoms in total. The van der Waals surface area contributed by atoms with Crippen LogP contribution in [0.5, 0.6) is 0 Å². The van der Waals surface area contributed by atoms with Crippen molar-refractivity contribution >= 4 is 35.8 Å². The molecule has 2 rings (SSSR count). The van der Waals surface area contributed by atoms with Gasteiger partial charge in [-0.25, -0.2) is 4.98 Å². The van der Waals surface area contributed by atoms with Crippen molar-refractivity contribution in [3.05, 3.63) is 36.0 Å². The molecule has 0 spiro atoms. The molecule has 0 aliphatic carbocycles. The molecule has 0 saturated carbocycles. The van der Waals surface area contributed by atoms with E-state index in [-0.39, 0.29) is 42.9 Å². The minimum atomic E-state index is -4.45. The van der Waals surface area contributed by atoms with E-state index in [0.29, 0.717) is 25.6 Å². The standard InChI is InChI=1S/C17H25F3N8.HI/c1-3-14-27-26-12-28(14)11-10-25-16(21-4-2)24-9-8-23-15-13(17(18,19)20)6-5-7-22-15;/h5-7,12H,3-4,8-11H2,1-2H3,(H,22,23)(H2,21,24,25);1H. The molecule has 3 N–H and O–H groups in total. The zero-order chi connectivity index (χ0) is 20.4. The summed E-state index contributed by atoms with van der Waals surface area (Å²) in [6.07, 6.45) is -0.648. The number of aryl methyl sites for hydroxylation is 1. The van der Waals surface area contributed by atoms with E-state index < -0.39 is 11.7 Å². The highest BCUT2D eigenvalue weighted by atomic mass is 127. The van der Waals surface area contributed by atoms with Crippen molar-refractivity contribution in [2.24, 2.45) is 4.99 Å². The van der Waals surface area contributed by atoms with Crippen molar-refractivity contribution in [1.29, 1.82) is 0 Å². The maximum Gasteiger partial charge on any atom is 0.419 e. The number of hydrogen-bond acceptors (Lipinski definition) is 5. The molecule has 0 bridgehead atoms. The van der Waals surface area contributed by atoms with E-state index in [1.54, 1.807) is 6.33 Å². The number of halogens is 4. The lowest BCUT2D eigenvalue weighted by molar-refractivity contribution is -0.137. The lowest BCUT2D eigenvalue weighted by atomic mass is 10.2. The van der Waals surface area contributed by atoms with Gasteiger partial charge in [0.15, 0.2) is 5.96 Å². The molecule has 12 heteroatoms. The predicted molar refractivity (Wildman–Crippen MR) is 117 cm³/mol. The van der Waals surface area contributed by atoms with Crippen molar-refractivity contribution in [3.8, 4) is 0 Å². The smallest absolute Gasteiger partial charge is 0.368 e. The third kappa shape index (κ3) is 8.03. The first-order valence-corrected chi connectivity index (χ1v) is 9.10. The van der Waals surface area contributed by atoms with Gasteiger partial charge in [-0.3, -0.25) is 4.99 Å². The number of pyridine rings is 1. The Morgan fingerprint density at radius 2 is 2.00 bits per heavy atom. The van der Waals surface area contributed by atoms with Crippen LogP contribution in [0.4, 0.5) is 19.0 Å². The fourth-order valence-electron chi connectivity index (χ4n) is 2.49. The Kier molecular flexibility index (Phi) is 10.7. The van der Waals surface area contributed by atoms with Gasteiger partial charge >= 0.3 is 6.18 Å². The Labute approximate surface area is 184 Å². The van der Waals surface area contributed by atoms with E-state index in [2.05, 4.69) is 36.1 Å². The molecule has 2 heterocycles. The molecule has 0 fully saturated rings. The summed E-state index contributed by atoms with van der Waals surface area (Å²) in [6.45, 7) is 6.43. The normalized spacial score (nSPS) is 11.7. The minimum absolute atomic E-state index is 0. The summed E-state index contributed by atoms with van der Waals surface area (Å²) in [5.74, 6) is 1.30.